The van der Waals surface area contributed by atoms with E-state index in [4.69, 9.17) is 10.8 Å². The summed E-state index contributed by atoms with van der Waals surface area (Å²) in [7, 11) is 0. The Morgan fingerprint density at radius 2 is 2.16 bits per heavy atom. The molecule has 0 saturated carbocycles. The third-order valence-corrected chi connectivity index (χ3v) is 3.76. The Morgan fingerprint density at radius 3 is 2.80 bits per heavy atom. The zero-order valence-corrected chi connectivity index (χ0v) is 14.6. The van der Waals surface area contributed by atoms with Crippen LogP contribution in [0.15, 0.2) is 77.3 Å². The molecular weight excluding hydrogens is 310 g/mol. The number of nitrogens with one attached hydrogen (secondary N) is 4. The molecule has 1 aliphatic heterocycles. The highest BCUT2D eigenvalue weighted by molar-refractivity contribution is 5.84. The van der Waals surface area contributed by atoms with Crippen LogP contribution in [0.3, 0.4) is 0 Å². The maximum absolute atomic E-state index is 7.67. The van der Waals surface area contributed by atoms with Crippen LogP contribution in [0.5, 0.6) is 0 Å². The molecule has 0 fully saturated rings. The van der Waals surface area contributed by atoms with Gasteiger partial charge in [0.25, 0.3) is 0 Å². The second kappa shape index (κ2) is 8.59. The van der Waals surface area contributed by atoms with Crippen LogP contribution in [-0.4, -0.2) is 17.4 Å². The Balaban J connectivity index is 2.40. The predicted octanol–water partition coefficient (Wildman–Crippen LogP) is 4.25. The molecule has 0 aliphatic carbocycles. The first kappa shape index (κ1) is 18.1. The van der Waals surface area contributed by atoms with Crippen molar-refractivity contribution in [3.8, 4) is 0 Å². The smallest absolute Gasteiger partial charge is 0.130 e. The SMILES string of the molecule is C=C(CC)/C(C=N)=C1C=C(/C(=C/C=N)Nc2cccc(C)n2)C=CN\1. The summed E-state index contributed by atoms with van der Waals surface area (Å²) < 4.78 is 0. The summed E-state index contributed by atoms with van der Waals surface area (Å²) in [6.45, 7) is 7.97. The van der Waals surface area contributed by atoms with Gasteiger partial charge >= 0.3 is 0 Å². The van der Waals surface area contributed by atoms with Crippen LogP contribution in [-0.2, 0) is 0 Å². The molecule has 1 aromatic rings. The Hall–Kier alpha value is -3.21. The van der Waals surface area contributed by atoms with Gasteiger partial charge in [-0.3, -0.25) is 0 Å². The highest BCUT2D eigenvalue weighted by atomic mass is 15.0. The summed E-state index contributed by atoms with van der Waals surface area (Å²) in [6, 6.07) is 5.75. The van der Waals surface area contributed by atoms with Gasteiger partial charge in [0.05, 0.1) is 0 Å². The standard InChI is InChI=1S/C20H23N5/c1-4-14(2)17(13-22)19-12-16(9-11-23-19)18(8-10-21)25-20-7-5-6-15(3)24-20/h5-13,21-23H,2,4H2,1,3H3,(H,24,25)/b18-8-,19-17+,21-10?,22-13?. The van der Waals surface area contributed by atoms with Crippen molar-refractivity contribution in [2.24, 2.45) is 0 Å². The van der Waals surface area contributed by atoms with E-state index in [0.717, 1.165) is 46.0 Å². The Morgan fingerprint density at radius 1 is 1.36 bits per heavy atom. The highest BCUT2D eigenvalue weighted by Crippen LogP contribution is 2.22. The number of aromatic nitrogens is 1. The average molecular weight is 333 g/mol. The van der Waals surface area contributed by atoms with Crippen molar-refractivity contribution in [1.29, 1.82) is 10.8 Å². The zero-order valence-electron chi connectivity index (χ0n) is 14.6. The van der Waals surface area contributed by atoms with E-state index in [9.17, 15) is 0 Å². The molecule has 5 nitrogen and oxygen atoms in total. The molecule has 4 N–H and O–H groups in total. The van der Waals surface area contributed by atoms with Crippen LogP contribution in [0.4, 0.5) is 5.82 Å². The van der Waals surface area contributed by atoms with Crippen molar-refractivity contribution in [3.05, 3.63) is 83.0 Å². The normalized spacial score (nSPS) is 15.8. The van der Waals surface area contributed by atoms with Crippen molar-refractivity contribution in [1.82, 2.24) is 10.3 Å². The van der Waals surface area contributed by atoms with Gasteiger partial charge < -0.3 is 21.5 Å². The number of nitrogens with zero attached hydrogens (tertiary/aromatic N) is 1. The van der Waals surface area contributed by atoms with E-state index in [1.807, 2.05) is 50.4 Å². The summed E-state index contributed by atoms with van der Waals surface area (Å²) in [5.41, 5.74) is 5.05. The summed E-state index contributed by atoms with van der Waals surface area (Å²) in [5.74, 6) is 0.719. The number of pyridine rings is 1. The van der Waals surface area contributed by atoms with Crippen LogP contribution < -0.4 is 10.6 Å². The molecule has 5 heteroatoms. The third kappa shape index (κ3) is 4.64. The Bertz CT molecular complexity index is 809. The zero-order chi connectivity index (χ0) is 18.2. The van der Waals surface area contributed by atoms with Crippen molar-refractivity contribution >= 4 is 18.2 Å². The van der Waals surface area contributed by atoms with Gasteiger partial charge in [-0.25, -0.2) is 4.98 Å². The molecule has 0 spiro atoms. The minimum absolute atomic E-state index is 0.719. The lowest BCUT2D eigenvalue weighted by atomic mass is 10.00. The van der Waals surface area contributed by atoms with Gasteiger partial charge in [-0.05, 0) is 49.3 Å². The van der Waals surface area contributed by atoms with Gasteiger partial charge in [0.2, 0.25) is 0 Å². The molecular formula is C20H23N5. The predicted molar refractivity (Wildman–Crippen MR) is 105 cm³/mol. The Kier molecular flexibility index (Phi) is 6.23. The van der Waals surface area contributed by atoms with Crippen LogP contribution in [0.1, 0.15) is 19.0 Å². The lowest BCUT2D eigenvalue weighted by Gasteiger charge is -2.18. The fraction of sp³-hybridized carbons (Fsp3) is 0.150. The number of aryl methyl sites for hydroxylation is 1. The maximum Gasteiger partial charge on any atom is 0.130 e. The van der Waals surface area contributed by atoms with Crippen LogP contribution in [0.25, 0.3) is 0 Å². The molecule has 0 bridgehead atoms. The average Bonchev–Trinajstić information content (AvgIpc) is 2.62. The molecule has 1 aliphatic rings. The molecule has 0 aromatic carbocycles. The van der Waals surface area contributed by atoms with Crippen molar-refractivity contribution < 1.29 is 0 Å². The highest BCUT2D eigenvalue weighted by Gasteiger charge is 2.11. The van der Waals surface area contributed by atoms with E-state index in [-0.39, 0.29) is 0 Å². The summed E-state index contributed by atoms with van der Waals surface area (Å²) in [5, 5.41) is 21.5. The van der Waals surface area contributed by atoms with Gasteiger partial charge in [-0.2, -0.15) is 0 Å². The van der Waals surface area contributed by atoms with E-state index < -0.39 is 0 Å². The number of anilines is 1. The minimum Gasteiger partial charge on any atom is -0.361 e. The number of hydrogen-bond donors (Lipinski definition) is 4. The molecule has 0 unspecified atom stereocenters. The first-order chi connectivity index (χ1) is 12.1. The van der Waals surface area contributed by atoms with E-state index in [1.165, 1.54) is 12.4 Å². The topological polar surface area (TPSA) is 84.7 Å². The van der Waals surface area contributed by atoms with Crippen molar-refractivity contribution in [2.45, 2.75) is 20.3 Å². The number of dihydropyridines is 1. The molecule has 2 heterocycles. The second-order valence-corrected chi connectivity index (χ2v) is 5.54. The van der Waals surface area contributed by atoms with Gasteiger partial charge in [0, 0.05) is 46.9 Å². The molecule has 2 rings (SSSR count). The first-order valence-corrected chi connectivity index (χ1v) is 8.08. The monoisotopic (exact) mass is 333 g/mol. The van der Waals surface area contributed by atoms with E-state index in [1.54, 1.807) is 6.08 Å². The van der Waals surface area contributed by atoms with Gasteiger partial charge in [0.1, 0.15) is 5.82 Å². The number of hydrogen-bond acceptors (Lipinski definition) is 5. The first-order valence-electron chi connectivity index (χ1n) is 8.08. The molecule has 0 radical (unpaired) electrons. The van der Waals surface area contributed by atoms with Crippen LogP contribution in [0, 0.1) is 17.7 Å². The Labute approximate surface area is 148 Å². The van der Waals surface area contributed by atoms with E-state index >= 15 is 0 Å². The number of rotatable bonds is 7. The van der Waals surface area contributed by atoms with E-state index in [2.05, 4.69) is 22.2 Å². The fourth-order valence-corrected chi connectivity index (χ4v) is 2.39. The van der Waals surface area contributed by atoms with Gasteiger partial charge in [0.15, 0.2) is 0 Å². The number of allylic oxidation sites excluding steroid dienone is 5. The van der Waals surface area contributed by atoms with Crippen LogP contribution >= 0.6 is 0 Å². The quantitative estimate of drug-likeness (QED) is 0.563. The van der Waals surface area contributed by atoms with Gasteiger partial charge in [-0.1, -0.05) is 19.6 Å². The molecule has 0 atom stereocenters. The lowest BCUT2D eigenvalue weighted by molar-refractivity contribution is 1.04. The fourth-order valence-electron chi connectivity index (χ4n) is 2.39. The summed E-state index contributed by atoms with van der Waals surface area (Å²) in [6.07, 6.45) is 10.7. The van der Waals surface area contributed by atoms with Crippen molar-refractivity contribution in [2.75, 3.05) is 5.32 Å². The van der Waals surface area contributed by atoms with Crippen molar-refractivity contribution in [3.63, 3.8) is 0 Å². The third-order valence-electron chi connectivity index (χ3n) is 3.76. The molecule has 0 saturated heterocycles. The molecule has 25 heavy (non-hydrogen) atoms. The van der Waals surface area contributed by atoms with Gasteiger partial charge in [-0.15, -0.1) is 0 Å². The molecule has 0 amide bonds. The lowest BCUT2D eigenvalue weighted by Crippen LogP contribution is -2.14. The molecule has 128 valence electrons. The largest absolute Gasteiger partial charge is 0.361 e. The second-order valence-electron chi connectivity index (χ2n) is 5.54. The maximum atomic E-state index is 7.67. The molecule has 1 aromatic heterocycles. The van der Waals surface area contributed by atoms with E-state index in [0.29, 0.717) is 0 Å². The summed E-state index contributed by atoms with van der Waals surface area (Å²) in [4.78, 5) is 4.45. The van der Waals surface area contributed by atoms with Crippen LogP contribution in [0.2, 0.25) is 0 Å². The summed E-state index contributed by atoms with van der Waals surface area (Å²) >= 11 is 0. The minimum atomic E-state index is 0.719.